The number of halogens is 1. The monoisotopic (exact) mass is 226 g/mol. The minimum Gasteiger partial charge on any atom is -0.352 e. The van der Waals surface area contributed by atoms with E-state index in [4.69, 9.17) is 11.6 Å². The zero-order valence-corrected chi connectivity index (χ0v) is 9.55. The summed E-state index contributed by atoms with van der Waals surface area (Å²) in [6, 6.07) is 1.62. The Hall–Kier alpha value is -1.09. The number of unbranched alkanes of at least 4 members (excludes halogenated alkanes) is 2. The average molecular weight is 227 g/mol. The summed E-state index contributed by atoms with van der Waals surface area (Å²) in [6.07, 6.45) is 6.32. The van der Waals surface area contributed by atoms with Crippen LogP contribution in [-0.2, 0) is 0 Å². The van der Waals surface area contributed by atoms with Gasteiger partial charge in [0.05, 0.1) is 10.6 Å². The Morgan fingerprint density at radius 1 is 1.53 bits per heavy atom. The van der Waals surface area contributed by atoms with Gasteiger partial charge in [-0.25, -0.2) is 0 Å². The second-order valence-electron chi connectivity index (χ2n) is 3.32. The maximum absolute atomic E-state index is 11.6. The van der Waals surface area contributed by atoms with E-state index in [0.717, 1.165) is 19.3 Å². The van der Waals surface area contributed by atoms with Crippen LogP contribution < -0.4 is 5.32 Å². The van der Waals surface area contributed by atoms with Crippen molar-refractivity contribution in [2.45, 2.75) is 26.2 Å². The standard InChI is InChI=1S/C11H15ClN2O/c1-2-3-4-6-14-11(15)9-5-7-13-8-10(9)12/h5,7-8H,2-4,6H2,1H3,(H,14,15). The van der Waals surface area contributed by atoms with Gasteiger partial charge in [-0.2, -0.15) is 0 Å². The molecule has 0 spiro atoms. The number of rotatable bonds is 5. The molecule has 0 aromatic carbocycles. The number of nitrogens with zero attached hydrogens (tertiary/aromatic N) is 1. The normalized spacial score (nSPS) is 10.0. The van der Waals surface area contributed by atoms with E-state index in [1.165, 1.54) is 6.20 Å². The van der Waals surface area contributed by atoms with E-state index in [9.17, 15) is 4.79 Å². The zero-order valence-electron chi connectivity index (χ0n) is 8.79. The Kier molecular flexibility index (Phi) is 5.12. The molecule has 1 N–H and O–H groups in total. The fourth-order valence-corrected chi connectivity index (χ4v) is 1.44. The molecule has 0 aliphatic heterocycles. The topological polar surface area (TPSA) is 42.0 Å². The third kappa shape index (κ3) is 3.88. The van der Waals surface area contributed by atoms with E-state index in [1.807, 2.05) is 0 Å². The number of amides is 1. The molecule has 1 aromatic rings. The Morgan fingerprint density at radius 2 is 2.33 bits per heavy atom. The maximum atomic E-state index is 11.6. The van der Waals surface area contributed by atoms with Crippen molar-refractivity contribution in [3.63, 3.8) is 0 Å². The van der Waals surface area contributed by atoms with Crippen molar-refractivity contribution in [1.29, 1.82) is 0 Å². The maximum Gasteiger partial charge on any atom is 0.252 e. The van der Waals surface area contributed by atoms with E-state index < -0.39 is 0 Å². The van der Waals surface area contributed by atoms with Gasteiger partial charge in [0.15, 0.2) is 0 Å². The van der Waals surface area contributed by atoms with Crippen LogP contribution in [0.15, 0.2) is 18.5 Å². The minimum atomic E-state index is -0.126. The number of hydrogen-bond acceptors (Lipinski definition) is 2. The molecule has 0 atom stereocenters. The first kappa shape index (κ1) is 12.0. The quantitative estimate of drug-likeness (QED) is 0.785. The second kappa shape index (κ2) is 6.40. The molecule has 15 heavy (non-hydrogen) atoms. The molecule has 0 saturated heterocycles. The molecule has 82 valence electrons. The van der Waals surface area contributed by atoms with Crippen molar-refractivity contribution in [3.05, 3.63) is 29.0 Å². The number of nitrogens with one attached hydrogen (secondary N) is 1. The number of carbonyl (C=O) groups excluding carboxylic acids is 1. The highest BCUT2D eigenvalue weighted by Crippen LogP contribution is 2.12. The Balaban J connectivity index is 2.44. The van der Waals surface area contributed by atoms with Crippen molar-refractivity contribution in [1.82, 2.24) is 10.3 Å². The second-order valence-corrected chi connectivity index (χ2v) is 3.73. The zero-order chi connectivity index (χ0) is 11.1. The number of aromatic nitrogens is 1. The Labute approximate surface area is 94.9 Å². The predicted octanol–water partition coefficient (Wildman–Crippen LogP) is 2.66. The van der Waals surface area contributed by atoms with E-state index in [1.54, 1.807) is 12.3 Å². The average Bonchev–Trinajstić information content (AvgIpc) is 2.25. The van der Waals surface area contributed by atoms with Crippen LogP contribution in [0.4, 0.5) is 0 Å². The lowest BCUT2D eigenvalue weighted by atomic mass is 10.2. The van der Waals surface area contributed by atoms with Gasteiger partial charge in [-0.1, -0.05) is 31.4 Å². The molecule has 0 radical (unpaired) electrons. The van der Waals surface area contributed by atoms with Crippen molar-refractivity contribution in [2.75, 3.05) is 6.54 Å². The van der Waals surface area contributed by atoms with Gasteiger partial charge in [-0.15, -0.1) is 0 Å². The molecule has 0 bridgehead atoms. The molecule has 0 saturated carbocycles. The van der Waals surface area contributed by atoms with Crippen LogP contribution in [0.1, 0.15) is 36.5 Å². The molecule has 1 aromatic heterocycles. The lowest BCUT2D eigenvalue weighted by Gasteiger charge is -2.05. The first-order valence-corrected chi connectivity index (χ1v) is 5.51. The summed E-state index contributed by atoms with van der Waals surface area (Å²) in [6.45, 7) is 2.83. The van der Waals surface area contributed by atoms with Crippen LogP contribution in [0.3, 0.4) is 0 Å². The number of carbonyl (C=O) groups is 1. The van der Waals surface area contributed by atoms with Crippen molar-refractivity contribution < 1.29 is 4.79 Å². The van der Waals surface area contributed by atoms with Gasteiger partial charge in [-0.05, 0) is 12.5 Å². The van der Waals surface area contributed by atoms with Crippen LogP contribution in [0.5, 0.6) is 0 Å². The highest BCUT2D eigenvalue weighted by Gasteiger charge is 2.08. The van der Waals surface area contributed by atoms with Gasteiger partial charge in [0.1, 0.15) is 0 Å². The van der Waals surface area contributed by atoms with Crippen LogP contribution in [0.25, 0.3) is 0 Å². The number of pyridine rings is 1. The van der Waals surface area contributed by atoms with Crippen LogP contribution in [0, 0.1) is 0 Å². The molecule has 0 fully saturated rings. The van der Waals surface area contributed by atoms with Gasteiger partial charge in [0.25, 0.3) is 5.91 Å². The fraction of sp³-hybridized carbons (Fsp3) is 0.455. The third-order valence-corrected chi connectivity index (χ3v) is 2.38. The highest BCUT2D eigenvalue weighted by atomic mass is 35.5. The summed E-state index contributed by atoms with van der Waals surface area (Å²) < 4.78 is 0. The lowest BCUT2D eigenvalue weighted by molar-refractivity contribution is 0.0953. The molecule has 0 aliphatic rings. The molecular formula is C11H15ClN2O. The lowest BCUT2D eigenvalue weighted by Crippen LogP contribution is -2.24. The van der Waals surface area contributed by atoms with Gasteiger partial charge >= 0.3 is 0 Å². The summed E-state index contributed by atoms with van der Waals surface area (Å²) in [4.78, 5) is 15.4. The molecule has 1 heterocycles. The summed E-state index contributed by atoms with van der Waals surface area (Å²) in [5, 5.41) is 3.22. The van der Waals surface area contributed by atoms with Gasteiger partial charge < -0.3 is 5.32 Å². The first-order valence-electron chi connectivity index (χ1n) is 5.13. The van der Waals surface area contributed by atoms with Crippen LogP contribution >= 0.6 is 11.6 Å². The van der Waals surface area contributed by atoms with Gasteiger partial charge in [0, 0.05) is 18.9 Å². The summed E-state index contributed by atoms with van der Waals surface area (Å²) in [5.41, 5.74) is 0.489. The Bertz CT molecular complexity index is 328. The minimum absolute atomic E-state index is 0.126. The van der Waals surface area contributed by atoms with E-state index in [2.05, 4.69) is 17.2 Å². The highest BCUT2D eigenvalue weighted by molar-refractivity contribution is 6.33. The van der Waals surface area contributed by atoms with Crippen molar-refractivity contribution in [2.24, 2.45) is 0 Å². The largest absolute Gasteiger partial charge is 0.352 e. The molecular weight excluding hydrogens is 212 g/mol. The smallest absolute Gasteiger partial charge is 0.252 e. The van der Waals surface area contributed by atoms with Gasteiger partial charge in [0.2, 0.25) is 0 Å². The van der Waals surface area contributed by atoms with Crippen LogP contribution in [0.2, 0.25) is 5.02 Å². The van der Waals surface area contributed by atoms with Crippen molar-refractivity contribution in [3.8, 4) is 0 Å². The molecule has 1 rings (SSSR count). The third-order valence-electron chi connectivity index (χ3n) is 2.08. The summed E-state index contributed by atoms with van der Waals surface area (Å²) in [5.74, 6) is -0.126. The van der Waals surface area contributed by atoms with Gasteiger partial charge in [-0.3, -0.25) is 9.78 Å². The van der Waals surface area contributed by atoms with Crippen LogP contribution in [-0.4, -0.2) is 17.4 Å². The molecule has 0 aliphatic carbocycles. The fourth-order valence-electron chi connectivity index (χ4n) is 1.23. The summed E-state index contributed by atoms with van der Waals surface area (Å²) >= 11 is 5.84. The van der Waals surface area contributed by atoms with E-state index >= 15 is 0 Å². The molecule has 0 unspecified atom stereocenters. The van der Waals surface area contributed by atoms with E-state index in [-0.39, 0.29) is 5.91 Å². The summed E-state index contributed by atoms with van der Waals surface area (Å²) in [7, 11) is 0. The molecule has 1 amide bonds. The number of hydrogen-bond donors (Lipinski definition) is 1. The SMILES string of the molecule is CCCCCNC(=O)c1ccncc1Cl. The Morgan fingerprint density at radius 3 is 3.00 bits per heavy atom. The first-order chi connectivity index (χ1) is 7.25. The van der Waals surface area contributed by atoms with Crippen molar-refractivity contribution >= 4 is 17.5 Å². The molecule has 4 heteroatoms. The predicted molar refractivity (Wildman–Crippen MR) is 61.1 cm³/mol. The molecule has 3 nitrogen and oxygen atoms in total. The van der Waals surface area contributed by atoms with E-state index in [0.29, 0.717) is 17.1 Å².